The molecule has 2 heterocycles. The van der Waals surface area contributed by atoms with Crippen LogP contribution in [0.3, 0.4) is 0 Å². The number of carbonyl (C=O) groups excluding carboxylic acids is 1. The number of aryl methyl sites for hydroxylation is 1. The fourth-order valence-electron chi connectivity index (χ4n) is 3.72. The zero-order chi connectivity index (χ0) is 21.8. The molecule has 1 unspecified atom stereocenters. The summed E-state index contributed by atoms with van der Waals surface area (Å²) in [5.74, 6) is 0.00921. The van der Waals surface area contributed by atoms with Crippen LogP contribution in [0.2, 0.25) is 0 Å². The molecule has 1 aliphatic heterocycles. The van der Waals surface area contributed by atoms with Crippen molar-refractivity contribution in [1.82, 2.24) is 14.8 Å². The molecule has 2 aromatic carbocycles. The smallest absolute Gasteiger partial charge is 0.292 e. The van der Waals surface area contributed by atoms with E-state index in [1.807, 2.05) is 37.3 Å². The van der Waals surface area contributed by atoms with Crippen molar-refractivity contribution in [3.63, 3.8) is 0 Å². The molecule has 0 radical (unpaired) electrons. The molecule has 1 amide bonds. The zero-order valence-corrected chi connectivity index (χ0v) is 18.1. The largest absolute Gasteiger partial charge is 0.350 e. The standard InChI is InChI=1S/C23H25N3O4S/c1-17-9-11-20(12-10-17)31(28,29)24-15-18-6-5-13-26(16-18)23(27)22-14-21(25-30-22)19-7-3-2-4-8-19/h2-4,7-12,14,18,24H,5-6,13,15-16H2,1H3. The van der Waals surface area contributed by atoms with Crippen molar-refractivity contribution in [2.24, 2.45) is 5.92 Å². The monoisotopic (exact) mass is 439 g/mol. The van der Waals surface area contributed by atoms with E-state index in [4.69, 9.17) is 4.52 Å². The molecule has 1 aliphatic rings. The van der Waals surface area contributed by atoms with Gasteiger partial charge in [0.2, 0.25) is 15.8 Å². The highest BCUT2D eigenvalue weighted by Crippen LogP contribution is 2.22. The van der Waals surface area contributed by atoms with E-state index in [9.17, 15) is 13.2 Å². The lowest BCUT2D eigenvalue weighted by Crippen LogP contribution is -2.43. The van der Waals surface area contributed by atoms with Gasteiger partial charge in [0.15, 0.2) is 0 Å². The minimum absolute atomic E-state index is 0.0365. The fraction of sp³-hybridized carbons (Fsp3) is 0.304. The van der Waals surface area contributed by atoms with Crippen LogP contribution in [0.25, 0.3) is 11.3 Å². The van der Waals surface area contributed by atoms with Gasteiger partial charge in [0.25, 0.3) is 5.91 Å². The third kappa shape index (κ3) is 5.03. The van der Waals surface area contributed by atoms with E-state index in [0.29, 0.717) is 18.8 Å². The molecule has 7 nitrogen and oxygen atoms in total. The van der Waals surface area contributed by atoms with Gasteiger partial charge in [-0.1, -0.05) is 53.2 Å². The Morgan fingerprint density at radius 3 is 2.65 bits per heavy atom. The SMILES string of the molecule is Cc1ccc(S(=O)(=O)NCC2CCCN(C(=O)c3cc(-c4ccccc4)no3)C2)cc1. The average molecular weight is 440 g/mol. The molecule has 4 rings (SSSR count). The van der Waals surface area contributed by atoms with Gasteiger partial charge in [0, 0.05) is 31.3 Å². The first-order valence-corrected chi connectivity index (χ1v) is 11.8. The number of benzene rings is 2. The number of likely N-dealkylation sites (tertiary alicyclic amines) is 1. The first-order valence-electron chi connectivity index (χ1n) is 10.3. The van der Waals surface area contributed by atoms with Crippen LogP contribution in [0.15, 0.2) is 70.1 Å². The molecule has 31 heavy (non-hydrogen) atoms. The summed E-state index contributed by atoms with van der Waals surface area (Å²) >= 11 is 0. The van der Waals surface area contributed by atoms with Crippen LogP contribution in [-0.4, -0.2) is 44.0 Å². The number of hydrogen-bond donors (Lipinski definition) is 1. The Balaban J connectivity index is 1.38. The summed E-state index contributed by atoms with van der Waals surface area (Å²) in [6.07, 6.45) is 1.66. The van der Waals surface area contributed by atoms with E-state index in [0.717, 1.165) is 24.0 Å². The van der Waals surface area contributed by atoms with Gasteiger partial charge in [-0.25, -0.2) is 13.1 Å². The Labute approximate surface area is 182 Å². The molecule has 0 saturated carbocycles. The number of carbonyl (C=O) groups is 1. The van der Waals surface area contributed by atoms with Crippen LogP contribution >= 0.6 is 0 Å². The molecule has 0 bridgehead atoms. The van der Waals surface area contributed by atoms with Gasteiger partial charge in [-0.2, -0.15) is 0 Å². The van der Waals surface area contributed by atoms with E-state index in [-0.39, 0.29) is 29.0 Å². The molecular weight excluding hydrogens is 414 g/mol. The van der Waals surface area contributed by atoms with Crippen molar-refractivity contribution in [2.75, 3.05) is 19.6 Å². The summed E-state index contributed by atoms with van der Waals surface area (Å²) in [5, 5.41) is 4.02. The van der Waals surface area contributed by atoms with Crippen molar-refractivity contribution >= 4 is 15.9 Å². The molecule has 0 aliphatic carbocycles. The number of sulfonamides is 1. The summed E-state index contributed by atoms with van der Waals surface area (Å²) in [6.45, 7) is 3.28. The molecule has 162 valence electrons. The van der Waals surface area contributed by atoms with E-state index in [2.05, 4.69) is 9.88 Å². The number of piperidine rings is 1. The molecule has 8 heteroatoms. The maximum absolute atomic E-state index is 12.9. The summed E-state index contributed by atoms with van der Waals surface area (Å²) < 4.78 is 33.1. The third-order valence-electron chi connectivity index (χ3n) is 5.49. The molecule has 0 spiro atoms. The fourth-order valence-corrected chi connectivity index (χ4v) is 4.84. The quantitative estimate of drug-likeness (QED) is 0.635. The van der Waals surface area contributed by atoms with E-state index in [1.165, 1.54) is 0 Å². The molecule has 1 fully saturated rings. The number of aromatic nitrogens is 1. The number of rotatable bonds is 6. The van der Waals surface area contributed by atoms with E-state index in [1.54, 1.807) is 35.2 Å². The van der Waals surface area contributed by atoms with Crippen LogP contribution in [0.4, 0.5) is 0 Å². The lowest BCUT2D eigenvalue weighted by atomic mass is 9.98. The van der Waals surface area contributed by atoms with Gasteiger partial charge < -0.3 is 9.42 Å². The first-order chi connectivity index (χ1) is 14.9. The lowest BCUT2D eigenvalue weighted by Gasteiger charge is -2.32. The van der Waals surface area contributed by atoms with Gasteiger partial charge in [0.1, 0.15) is 5.69 Å². The minimum atomic E-state index is -3.58. The highest BCUT2D eigenvalue weighted by atomic mass is 32.2. The summed E-state index contributed by atoms with van der Waals surface area (Å²) in [6, 6.07) is 17.9. The molecule has 1 aromatic heterocycles. The van der Waals surface area contributed by atoms with Crippen LogP contribution in [0.5, 0.6) is 0 Å². The second-order valence-corrected chi connectivity index (χ2v) is 9.63. The first kappa shape index (κ1) is 21.3. The number of nitrogens with zero attached hydrogens (tertiary/aromatic N) is 2. The molecule has 3 aromatic rings. The molecule has 1 N–H and O–H groups in total. The van der Waals surface area contributed by atoms with Crippen LogP contribution in [0.1, 0.15) is 29.0 Å². The summed E-state index contributed by atoms with van der Waals surface area (Å²) in [5.41, 5.74) is 2.50. The molecular formula is C23H25N3O4S. The third-order valence-corrected chi connectivity index (χ3v) is 6.93. The maximum Gasteiger partial charge on any atom is 0.292 e. The van der Waals surface area contributed by atoms with Crippen LogP contribution in [-0.2, 0) is 10.0 Å². The molecule has 1 saturated heterocycles. The van der Waals surface area contributed by atoms with Gasteiger partial charge in [0.05, 0.1) is 4.90 Å². The van der Waals surface area contributed by atoms with Crippen molar-refractivity contribution in [1.29, 1.82) is 0 Å². The summed E-state index contributed by atoms with van der Waals surface area (Å²) in [7, 11) is -3.58. The predicted octanol–water partition coefficient (Wildman–Crippen LogP) is 3.48. The van der Waals surface area contributed by atoms with E-state index >= 15 is 0 Å². The van der Waals surface area contributed by atoms with Crippen LogP contribution in [0, 0.1) is 12.8 Å². The lowest BCUT2D eigenvalue weighted by molar-refractivity contribution is 0.0634. The summed E-state index contributed by atoms with van der Waals surface area (Å²) in [4.78, 5) is 14.9. The average Bonchev–Trinajstić information content (AvgIpc) is 3.29. The van der Waals surface area contributed by atoms with Gasteiger partial charge in [-0.3, -0.25) is 4.79 Å². The van der Waals surface area contributed by atoms with E-state index < -0.39 is 10.0 Å². The normalized spacial score (nSPS) is 16.9. The number of amides is 1. The van der Waals surface area contributed by atoms with Crippen molar-refractivity contribution in [3.8, 4) is 11.3 Å². The Bertz CT molecular complexity index is 1140. The Hall–Kier alpha value is -2.97. The van der Waals surface area contributed by atoms with Gasteiger partial charge >= 0.3 is 0 Å². The van der Waals surface area contributed by atoms with Gasteiger partial charge in [-0.05, 0) is 37.8 Å². The highest BCUT2D eigenvalue weighted by molar-refractivity contribution is 7.89. The van der Waals surface area contributed by atoms with Crippen LogP contribution < -0.4 is 4.72 Å². The highest BCUT2D eigenvalue weighted by Gasteiger charge is 2.28. The Morgan fingerprint density at radius 1 is 1.16 bits per heavy atom. The van der Waals surface area contributed by atoms with Gasteiger partial charge in [-0.15, -0.1) is 0 Å². The predicted molar refractivity (Wildman–Crippen MR) is 117 cm³/mol. The Morgan fingerprint density at radius 2 is 1.90 bits per heavy atom. The minimum Gasteiger partial charge on any atom is -0.350 e. The second-order valence-electron chi connectivity index (χ2n) is 7.87. The van der Waals surface area contributed by atoms with Crippen molar-refractivity contribution in [3.05, 3.63) is 72.0 Å². The topological polar surface area (TPSA) is 92.5 Å². The number of hydrogen-bond acceptors (Lipinski definition) is 5. The zero-order valence-electron chi connectivity index (χ0n) is 17.3. The maximum atomic E-state index is 12.9. The Kier molecular flexibility index (Phi) is 6.20. The van der Waals surface area contributed by atoms with Crippen molar-refractivity contribution in [2.45, 2.75) is 24.7 Å². The molecule has 1 atom stereocenters. The second kappa shape index (κ2) is 9.03. The van der Waals surface area contributed by atoms with Crippen molar-refractivity contribution < 1.29 is 17.7 Å². The number of nitrogens with one attached hydrogen (secondary N) is 1.